The average molecular weight is 319 g/mol. The molecule has 1 aliphatic heterocycles. The van der Waals surface area contributed by atoms with Crippen molar-refractivity contribution >= 4 is 17.1 Å². The van der Waals surface area contributed by atoms with Crippen molar-refractivity contribution in [3.8, 4) is 0 Å². The van der Waals surface area contributed by atoms with Crippen molar-refractivity contribution in [2.24, 2.45) is 4.99 Å². The number of anilines is 1. The Bertz CT molecular complexity index is 740. The van der Waals surface area contributed by atoms with E-state index in [1.165, 1.54) is 16.8 Å². The molecule has 0 atom stereocenters. The van der Waals surface area contributed by atoms with Crippen LogP contribution in [0.1, 0.15) is 18.1 Å². The maximum atomic E-state index is 4.82. The van der Waals surface area contributed by atoms with Crippen LogP contribution in [-0.4, -0.2) is 36.8 Å². The fourth-order valence-corrected chi connectivity index (χ4v) is 3.02. The van der Waals surface area contributed by atoms with Gasteiger partial charge in [-0.25, -0.2) is 0 Å². The van der Waals surface area contributed by atoms with Crippen LogP contribution < -0.4 is 4.90 Å². The van der Waals surface area contributed by atoms with Crippen LogP contribution in [-0.2, 0) is 0 Å². The fraction of sp³-hybridized carbons (Fsp3) is 0.286. The molecule has 1 saturated heterocycles. The van der Waals surface area contributed by atoms with E-state index in [0.717, 1.165) is 37.6 Å². The third kappa shape index (κ3) is 3.67. The number of rotatable bonds is 4. The Balaban J connectivity index is 1.80. The Morgan fingerprint density at radius 2 is 1.79 bits per heavy atom. The highest BCUT2D eigenvalue weighted by Gasteiger charge is 2.15. The number of piperazine rings is 1. The van der Waals surface area contributed by atoms with E-state index >= 15 is 0 Å². The summed E-state index contributed by atoms with van der Waals surface area (Å²) in [4.78, 5) is 9.52. The lowest BCUT2D eigenvalue weighted by Gasteiger charge is -2.35. The van der Waals surface area contributed by atoms with Gasteiger partial charge < -0.3 is 9.80 Å². The summed E-state index contributed by atoms with van der Waals surface area (Å²) in [6.45, 7) is 12.2. The summed E-state index contributed by atoms with van der Waals surface area (Å²) >= 11 is 0. The molecule has 2 aromatic carbocycles. The van der Waals surface area contributed by atoms with E-state index in [1.54, 1.807) is 0 Å². The molecule has 3 nitrogen and oxygen atoms in total. The van der Waals surface area contributed by atoms with Gasteiger partial charge in [0.2, 0.25) is 0 Å². The Hall–Kier alpha value is -2.55. The van der Waals surface area contributed by atoms with E-state index in [2.05, 4.69) is 66.6 Å². The standard InChI is InChI=1S/C21H25N3/c1-4-23-12-14-24(15-13-23)20-10-7-9-19(16-20)18(3)22-21-11-6-5-8-17(21)2/h4-11,16H,1,12-15H2,2-3H3. The van der Waals surface area contributed by atoms with Crippen LogP contribution in [0.2, 0.25) is 0 Å². The van der Waals surface area contributed by atoms with E-state index in [1.807, 2.05) is 18.3 Å². The largest absolute Gasteiger partial charge is 0.374 e. The Labute approximate surface area is 144 Å². The molecule has 3 heteroatoms. The highest BCUT2D eigenvalue weighted by molar-refractivity contribution is 6.01. The van der Waals surface area contributed by atoms with Gasteiger partial charge in [0, 0.05) is 37.6 Å². The van der Waals surface area contributed by atoms with E-state index in [9.17, 15) is 0 Å². The molecular formula is C21H25N3. The molecule has 0 radical (unpaired) electrons. The van der Waals surface area contributed by atoms with Gasteiger partial charge in [0.1, 0.15) is 0 Å². The van der Waals surface area contributed by atoms with Gasteiger partial charge in [-0.3, -0.25) is 4.99 Å². The lowest BCUT2D eigenvalue weighted by Crippen LogP contribution is -2.44. The van der Waals surface area contributed by atoms with Crippen molar-refractivity contribution in [3.63, 3.8) is 0 Å². The van der Waals surface area contributed by atoms with Crippen molar-refractivity contribution in [2.45, 2.75) is 13.8 Å². The molecule has 124 valence electrons. The molecule has 24 heavy (non-hydrogen) atoms. The van der Waals surface area contributed by atoms with Crippen LogP contribution in [0, 0.1) is 6.92 Å². The first-order valence-electron chi connectivity index (χ1n) is 8.50. The van der Waals surface area contributed by atoms with Crippen molar-refractivity contribution in [2.75, 3.05) is 31.1 Å². The van der Waals surface area contributed by atoms with Crippen molar-refractivity contribution in [1.82, 2.24) is 4.90 Å². The van der Waals surface area contributed by atoms with Crippen LogP contribution in [0.4, 0.5) is 11.4 Å². The van der Waals surface area contributed by atoms with Crippen LogP contribution in [0.3, 0.4) is 0 Å². The second-order valence-corrected chi connectivity index (χ2v) is 6.24. The highest BCUT2D eigenvalue weighted by Crippen LogP contribution is 2.22. The maximum Gasteiger partial charge on any atom is 0.0662 e. The van der Waals surface area contributed by atoms with Gasteiger partial charge in [0.05, 0.1) is 5.69 Å². The zero-order valence-corrected chi connectivity index (χ0v) is 14.6. The molecule has 0 unspecified atom stereocenters. The molecule has 0 aliphatic carbocycles. The van der Waals surface area contributed by atoms with Crippen molar-refractivity contribution in [1.29, 1.82) is 0 Å². The first kappa shape index (κ1) is 16.3. The second-order valence-electron chi connectivity index (χ2n) is 6.24. The molecule has 0 amide bonds. The molecular weight excluding hydrogens is 294 g/mol. The van der Waals surface area contributed by atoms with Crippen LogP contribution in [0.25, 0.3) is 0 Å². The Morgan fingerprint density at radius 1 is 1.04 bits per heavy atom. The average Bonchev–Trinajstić information content (AvgIpc) is 2.64. The first-order chi connectivity index (χ1) is 11.7. The second kappa shape index (κ2) is 7.35. The van der Waals surface area contributed by atoms with Gasteiger partial charge in [-0.1, -0.05) is 36.9 Å². The van der Waals surface area contributed by atoms with Gasteiger partial charge in [-0.2, -0.15) is 0 Å². The molecule has 1 fully saturated rings. The minimum atomic E-state index is 1.03. The summed E-state index contributed by atoms with van der Waals surface area (Å²) in [5.74, 6) is 0. The van der Waals surface area contributed by atoms with Gasteiger partial charge in [-0.05, 0) is 49.4 Å². The van der Waals surface area contributed by atoms with Crippen LogP contribution in [0.5, 0.6) is 0 Å². The summed E-state index contributed by atoms with van der Waals surface area (Å²) in [5, 5.41) is 0. The van der Waals surface area contributed by atoms with Crippen LogP contribution >= 0.6 is 0 Å². The first-order valence-corrected chi connectivity index (χ1v) is 8.50. The summed E-state index contributed by atoms with van der Waals surface area (Å²) in [6.07, 6.45) is 1.94. The monoisotopic (exact) mass is 319 g/mol. The quantitative estimate of drug-likeness (QED) is 0.778. The lowest BCUT2D eigenvalue weighted by atomic mass is 10.1. The molecule has 0 aromatic heterocycles. The molecule has 0 N–H and O–H groups in total. The lowest BCUT2D eigenvalue weighted by molar-refractivity contribution is 0.350. The molecule has 3 rings (SSSR count). The molecule has 0 spiro atoms. The van der Waals surface area contributed by atoms with Gasteiger partial charge >= 0.3 is 0 Å². The number of hydrogen-bond acceptors (Lipinski definition) is 3. The third-order valence-electron chi connectivity index (χ3n) is 4.61. The predicted molar refractivity (Wildman–Crippen MR) is 103 cm³/mol. The SMILES string of the molecule is C=CN1CCN(c2cccc(C(C)=Nc3ccccc3C)c2)CC1. The smallest absolute Gasteiger partial charge is 0.0662 e. The summed E-state index contributed by atoms with van der Waals surface area (Å²) in [7, 11) is 0. The zero-order valence-electron chi connectivity index (χ0n) is 14.6. The van der Waals surface area contributed by atoms with E-state index in [0.29, 0.717) is 0 Å². The fourth-order valence-electron chi connectivity index (χ4n) is 3.02. The van der Waals surface area contributed by atoms with E-state index in [-0.39, 0.29) is 0 Å². The summed E-state index contributed by atoms with van der Waals surface area (Å²) < 4.78 is 0. The number of benzene rings is 2. The number of aryl methyl sites for hydroxylation is 1. The van der Waals surface area contributed by atoms with E-state index < -0.39 is 0 Å². The van der Waals surface area contributed by atoms with Gasteiger partial charge in [0.25, 0.3) is 0 Å². The van der Waals surface area contributed by atoms with Crippen molar-refractivity contribution < 1.29 is 0 Å². The number of hydrogen-bond donors (Lipinski definition) is 0. The number of nitrogens with zero attached hydrogens (tertiary/aromatic N) is 3. The Kier molecular flexibility index (Phi) is 4.99. The topological polar surface area (TPSA) is 18.8 Å². The predicted octanol–water partition coefficient (Wildman–Crippen LogP) is 4.40. The molecule has 0 bridgehead atoms. The Morgan fingerprint density at radius 3 is 2.50 bits per heavy atom. The molecule has 2 aromatic rings. The number of aliphatic imine (C=N–C) groups is 1. The third-order valence-corrected chi connectivity index (χ3v) is 4.61. The molecule has 1 aliphatic rings. The minimum Gasteiger partial charge on any atom is -0.374 e. The maximum absolute atomic E-state index is 4.82. The normalized spacial score (nSPS) is 15.5. The summed E-state index contributed by atoms with van der Waals surface area (Å²) in [6, 6.07) is 17.0. The highest BCUT2D eigenvalue weighted by atomic mass is 15.2. The van der Waals surface area contributed by atoms with Gasteiger partial charge in [-0.15, -0.1) is 0 Å². The number of para-hydroxylation sites is 1. The summed E-state index contributed by atoms with van der Waals surface area (Å²) in [5.41, 5.74) is 5.75. The zero-order chi connectivity index (χ0) is 16.9. The molecule has 0 saturated carbocycles. The van der Waals surface area contributed by atoms with Crippen molar-refractivity contribution in [3.05, 3.63) is 72.4 Å². The van der Waals surface area contributed by atoms with Crippen LogP contribution in [0.15, 0.2) is 66.3 Å². The molecule has 1 heterocycles. The van der Waals surface area contributed by atoms with E-state index in [4.69, 9.17) is 4.99 Å². The minimum absolute atomic E-state index is 1.03. The van der Waals surface area contributed by atoms with Gasteiger partial charge in [0.15, 0.2) is 0 Å².